The summed E-state index contributed by atoms with van der Waals surface area (Å²) in [5, 5.41) is 7.97. The van der Waals surface area contributed by atoms with Crippen LogP contribution in [0, 0.1) is 0 Å². The van der Waals surface area contributed by atoms with Gasteiger partial charge in [0, 0.05) is 30.7 Å². The molecule has 36 heavy (non-hydrogen) atoms. The minimum Gasteiger partial charge on any atom is -0.497 e. The lowest BCUT2D eigenvalue weighted by Gasteiger charge is -2.28. The molecule has 0 radical (unpaired) electrons. The fourth-order valence-corrected chi connectivity index (χ4v) is 4.78. The lowest BCUT2D eigenvalue weighted by Crippen LogP contribution is -2.36. The Hall–Kier alpha value is -3.97. The van der Waals surface area contributed by atoms with Gasteiger partial charge in [-0.2, -0.15) is 5.10 Å². The van der Waals surface area contributed by atoms with Crippen LogP contribution >= 0.6 is 0 Å². The van der Waals surface area contributed by atoms with E-state index in [1.807, 2.05) is 53.3 Å². The van der Waals surface area contributed by atoms with E-state index in [-0.39, 0.29) is 11.9 Å². The summed E-state index contributed by atoms with van der Waals surface area (Å²) in [5.74, 6) is 0.695. The standard InChI is InChI=1S/C29H31N5O2/c1-36-25-13-11-23(12-14-25)27(33-16-5-6-17-33)19-31-29(35)26-21-34(20-22-8-3-2-4-9-22)32-28(26)24-10-7-15-30-18-24/h2-4,7-15,18,21,27H,5-6,16-17,19-20H2,1H3,(H,31,35). The molecule has 4 aromatic rings. The molecule has 184 valence electrons. The van der Waals surface area contributed by atoms with Crippen molar-refractivity contribution in [2.45, 2.75) is 25.4 Å². The van der Waals surface area contributed by atoms with Crippen LogP contribution in [0.1, 0.15) is 40.4 Å². The molecule has 5 rings (SSSR count). The molecule has 0 spiro atoms. The van der Waals surface area contributed by atoms with E-state index in [2.05, 4.69) is 39.5 Å². The smallest absolute Gasteiger partial charge is 0.255 e. The maximum Gasteiger partial charge on any atom is 0.255 e. The molecule has 1 aliphatic heterocycles. The summed E-state index contributed by atoms with van der Waals surface area (Å²) >= 11 is 0. The van der Waals surface area contributed by atoms with Crippen molar-refractivity contribution in [3.05, 3.63) is 102 Å². The van der Waals surface area contributed by atoms with Crippen LogP contribution < -0.4 is 10.1 Å². The Balaban J connectivity index is 1.39. The van der Waals surface area contributed by atoms with E-state index in [1.54, 1.807) is 19.5 Å². The number of carbonyl (C=O) groups excluding carboxylic acids is 1. The van der Waals surface area contributed by atoms with Gasteiger partial charge in [-0.05, 0) is 61.3 Å². The van der Waals surface area contributed by atoms with Crippen LogP contribution in [0.25, 0.3) is 11.3 Å². The Bertz CT molecular complexity index is 1270. The Morgan fingerprint density at radius 2 is 1.81 bits per heavy atom. The van der Waals surface area contributed by atoms with Crippen molar-refractivity contribution in [3.8, 4) is 17.0 Å². The van der Waals surface area contributed by atoms with E-state index < -0.39 is 0 Å². The first-order valence-corrected chi connectivity index (χ1v) is 12.4. The maximum absolute atomic E-state index is 13.5. The van der Waals surface area contributed by atoms with Gasteiger partial charge in [-0.25, -0.2) is 0 Å². The van der Waals surface area contributed by atoms with E-state index in [9.17, 15) is 4.79 Å². The van der Waals surface area contributed by atoms with E-state index in [1.165, 1.54) is 18.4 Å². The zero-order valence-corrected chi connectivity index (χ0v) is 20.5. The first-order valence-electron chi connectivity index (χ1n) is 12.4. The van der Waals surface area contributed by atoms with Crippen molar-refractivity contribution in [2.24, 2.45) is 0 Å². The molecular formula is C29H31N5O2. The SMILES string of the molecule is COc1ccc(C(CNC(=O)c2cn(Cc3ccccc3)nc2-c2cccnc2)N2CCCC2)cc1. The fourth-order valence-electron chi connectivity index (χ4n) is 4.78. The summed E-state index contributed by atoms with van der Waals surface area (Å²) in [4.78, 5) is 20.2. The quantitative estimate of drug-likeness (QED) is 0.379. The molecule has 1 amide bonds. The number of nitrogens with zero attached hydrogens (tertiary/aromatic N) is 4. The van der Waals surface area contributed by atoms with E-state index in [0.29, 0.717) is 24.3 Å². The predicted octanol–water partition coefficient (Wildman–Crippen LogP) is 4.57. The van der Waals surface area contributed by atoms with Gasteiger partial charge >= 0.3 is 0 Å². The zero-order valence-electron chi connectivity index (χ0n) is 20.5. The number of likely N-dealkylation sites (tertiary alicyclic amines) is 1. The van der Waals surface area contributed by atoms with Gasteiger partial charge < -0.3 is 10.1 Å². The normalized spacial score (nSPS) is 14.5. The van der Waals surface area contributed by atoms with Crippen LogP contribution in [0.15, 0.2) is 85.3 Å². The Kier molecular flexibility index (Phi) is 7.38. The van der Waals surface area contributed by atoms with Crippen LogP contribution in [0.3, 0.4) is 0 Å². The third kappa shape index (κ3) is 5.47. The molecule has 1 saturated heterocycles. The molecule has 1 unspecified atom stereocenters. The highest BCUT2D eigenvalue weighted by molar-refractivity contribution is 5.99. The van der Waals surface area contributed by atoms with Crippen molar-refractivity contribution >= 4 is 5.91 Å². The monoisotopic (exact) mass is 481 g/mol. The number of rotatable bonds is 9. The van der Waals surface area contributed by atoms with Crippen molar-refractivity contribution in [1.29, 1.82) is 0 Å². The molecular weight excluding hydrogens is 450 g/mol. The molecule has 1 aliphatic rings. The van der Waals surface area contributed by atoms with E-state index >= 15 is 0 Å². The number of nitrogens with one attached hydrogen (secondary N) is 1. The highest BCUT2D eigenvalue weighted by Gasteiger charge is 2.25. The lowest BCUT2D eigenvalue weighted by atomic mass is 10.0. The minimum absolute atomic E-state index is 0.101. The number of hydrogen-bond acceptors (Lipinski definition) is 5. The largest absolute Gasteiger partial charge is 0.497 e. The van der Waals surface area contributed by atoms with Gasteiger partial charge in [-0.1, -0.05) is 42.5 Å². The van der Waals surface area contributed by atoms with Crippen molar-refractivity contribution < 1.29 is 9.53 Å². The molecule has 2 aromatic heterocycles. The van der Waals surface area contributed by atoms with Crippen LogP contribution in [0.4, 0.5) is 0 Å². The molecule has 7 nitrogen and oxygen atoms in total. The first kappa shape index (κ1) is 23.8. The van der Waals surface area contributed by atoms with Crippen LogP contribution in [-0.4, -0.2) is 52.3 Å². The van der Waals surface area contributed by atoms with Gasteiger partial charge in [0.2, 0.25) is 0 Å². The third-order valence-corrected chi connectivity index (χ3v) is 6.67. The van der Waals surface area contributed by atoms with Gasteiger partial charge in [0.15, 0.2) is 0 Å². The second-order valence-electron chi connectivity index (χ2n) is 9.06. The number of carbonyl (C=O) groups is 1. The van der Waals surface area contributed by atoms with E-state index in [0.717, 1.165) is 30.0 Å². The molecule has 1 fully saturated rings. The summed E-state index contributed by atoms with van der Waals surface area (Å²) in [5.41, 5.74) is 4.30. The summed E-state index contributed by atoms with van der Waals surface area (Å²) < 4.78 is 7.16. The average molecular weight is 482 g/mol. The Labute approximate surface area is 211 Å². The van der Waals surface area contributed by atoms with Crippen molar-refractivity contribution in [3.63, 3.8) is 0 Å². The van der Waals surface area contributed by atoms with Crippen LogP contribution in [0.5, 0.6) is 5.75 Å². The topological polar surface area (TPSA) is 72.3 Å². The highest BCUT2D eigenvalue weighted by Crippen LogP contribution is 2.27. The summed E-state index contributed by atoms with van der Waals surface area (Å²) in [6.45, 7) is 3.16. The minimum atomic E-state index is -0.133. The number of benzene rings is 2. The lowest BCUT2D eigenvalue weighted by molar-refractivity contribution is 0.0938. The summed E-state index contributed by atoms with van der Waals surface area (Å²) in [7, 11) is 1.67. The van der Waals surface area contributed by atoms with E-state index in [4.69, 9.17) is 9.84 Å². The third-order valence-electron chi connectivity index (χ3n) is 6.67. The second kappa shape index (κ2) is 11.2. The number of amides is 1. The number of pyridine rings is 1. The summed E-state index contributed by atoms with van der Waals surface area (Å²) in [6.07, 6.45) is 7.66. The Morgan fingerprint density at radius 3 is 2.50 bits per heavy atom. The average Bonchev–Trinajstić information content (AvgIpc) is 3.61. The number of aromatic nitrogens is 3. The second-order valence-corrected chi connectivity index (χ2v) is 9.06. The first-order chi connectivity index (χ1) is 17.7. The van der Waals surface area contributed by atoms with Crippen LogP contribution in [0.2, 0.25) is 0 Å². The zero-order chi connectivity index (χ0) is 24.7. The molecule has 0 aliphatic carbocycles. The van der Waals surface area contributed by atoms with Gasteiger partial charge in [-0.15, -0.1) is 0 Å². The summed E-state index contributed by atoms with van der Waals surface area (Å²) in [6, 6.07) is 22.2. The molecule has 1 N–H and O–H groups in total. The Morgan fingerprint density at radius 1 is 1.03 bits per heavy atom. The molecule has 3 heterocycles. The van der Waals surface area contributed by atoms with Gasteiger partial charge in [0.25, 0.3) is 5.91 Å². The molecule has 0 saturated carbocycles. The number of methoxy groups -OCH3 is 1. The number of hydrogen-bond donors (Lipinski definition) is 1. The van der Waals surface area contributed by atoms with Crippen molar-refractivity contribution in [2.75, 3.05) is 26.7 Å². The predicted molar refractivity (Wildman–Crippen MR) is 140 cm³/mol. The molecule has 7 heteroatoms. The van der Waals surface area contributed by atoms with Crippen LogP contribution in [-0.2, 0) is 6.54 Å². The fraction of sp³-hybridized carbons (Fsp3) is 0.276. The maximum atomic E-state index is 13.5. The molecule has 0 bridgehead atoms. The highest BCUT2D eigenvalue weighted by atomic mass is 16.5. The molecule has 1 atom stereocenters. The molecule has 2 aromatic carbocycles. The number of ether oxygens (including phenoxy) is 1. The van der Waals surface area contributed by atoms with Gasteiger partial charge in [0.1, 0.15) is 11.4 Å². The van der Waals surface area contributed by atoms with Gasteiger partial charge in [0.05, 0.1) is 25.3 Å². The van der Waals surface area contributed by atoms with Gasteiger partial charge in [-0.3, -0.25) is 19.4 Å². The van der Waals surface area contributed by atoms with Crippen molar-refractivity contribution in [1.82, 2.24) is 25.0 Å².